The average Bonchev–Trinajstić information content (AvgIpc) is 2.31. The van der Waals surface area contributed by atoms with Crippen LogP contribution < -0.4 is 5.32 Å². The van der Waals surface area contributed by atoms with Crippen LogP contribution in [0.3, 0.4) is 0 Å². The molecule has 0 aromatic carbocycles. The number of rotatable bonds is 10. The molecule has 0 saturated heterocycles. The van der Waals surface area contributed by atoms with E-state index < -0.39 is 12.8 Å². The Bertz CT molecular complexity index is 225. The largest absolute Gasteiger partial charge is 0.411 e. The highest BCUT2D eigenvalue weighted by molar-refractivity contribution is 4.79. The Morgan fingerprint density at radius 2 is 1.68 bits per heavy atom. The average molecular weight is 283 g/mol. The van der Waals surface area contributed by atoms with Crippen LogP contribution in [0.2, 0.25) is 0 Å². The Kier molecular flexibility index (Phi) is 8.66. The minimum absolute atomic E-state index is 0.172. The summed E-state index contributed by atoms with van der Waals surface area (Å²) in [7, 11) is 0. The van der Waals surface area contributed by atoms with Crippen molar-refractivity contribution >= 4 is 0 Å². The summed E-state index contributed by atoms with van der Waals surface area (Å²) in [5.41, 5.74) is 0.172. The molecule has 0 unspecified atom stereocenters. The topological polar surface area (TPSA) is 21.3 Å². The van der Waals surface area contributed by atoms with E-state index >= 15 is 0 Å². The van der Waals surface area contributed by atoms with E-state index in [2.05, 4.69) is 37.7 Å². The zero-order chi connectivity index (χ0) is 14.9. The fourth-order valence-electron chi connectivity index (χ4n) is 2.10. The molecule has 0 saturated carbocycles. The van der Waals surface area contributed by atoms with E-state index in [-0.39, 0.29) is 12.0 Å². The number of ether oxygens (including phenoxy) is 1. The summed E-state index contributed by atoms with van der Waals surface area (Å²) in [5, 5.41) is 3.43. The van der Waals surface area contributed by atoms with Crippen molar-refractivity contribution in [2.45, 2.75) is 65.6 Å². The maximum atomic E-state index is 11.9. The van der Waals surface area contributed by atoms with E-state index in [1.54, 1.807) is 0 Å². The summed E-state index contributed by atoms with van der Waals surface area (Å²) in [5.74, 6) is 0. The highest BCUT2D eigenvalue weighted by Gasteiger charge is 2.28. The molecule has 1 N–H and O–H groups in total. The molecule has 0 bridgehead atoms. The molecule has 116 valence electrons. The molecule has 0 radical (unpaired) electrons. The van der Waals surface area contributed by atoms with Gasteiger partial charge in [0, 0.05) is 19.2 Å². The molecule has 2 nitrogen and oxygen atoms in total. The Labute approximate surface area is 115 Å². The van der Waals surface area contributed by atoms with Gasteiger partial charge in [0.15, 0.2) is 0 Å². The summed E-state index contributed by atoms with van der Waals surface area (Å²) in [6.07, 6.45) is -0.577. The molecule has 0 aromatic rings. The predicted octanol–water partition coefficient (Wildman–Crippen LogP) is 4.15. The van der Waals surface area contributed by atoms with Crippen molar-refractivity contribution in [2.24, 2.45) is 5.41 Å². The number of alkyl halides is 3. The Morgan fingerprint density at radius 1 is 1.11 bits per heavy atom. The molecular weight excluding hydrogens is 255 g/mol. The Hall–Kier alpha value is -0.290. The second kappa shape index (κ2) is 8.80. The number of hydrogen-bond donors (Lipinski definition) is 1. The van der Waals surface area contributed by atoms with Crippen molar-refractivity contribution in [3.8, 4) is 0 Å². The third-order valence-electron chi connectivity index (χ3n) is 3.65. The zero-order valence-electron chi connectivity index (χ0n) is 12.6. The summed E-state index contributed by atoms with van der Waals surface area (Å²) < 4.78 is 40.4. The van der Waals surface area contributed by atoms with Gasteiger partial charge in [-0.3, -0.25) is 0 Å². The van der Waals surface area contributed by atoms with Gasteiger partial charge in [-0.15, -0.1) is 0 Å². The molecule has 0 aliphatic rings. The van der Waals surface area contributed by atoms with Crippen LogP contribution in [0.25, 0.3) is 0 Å². The molecule has 0 aliphatic heterocycles. The molecule has 0 spiro atoms. The van der Waals surface area contributed by atoms with Gasteiger partial charge in [0.1, 0.15) is 6.61 Å². The lowest BCUT2D eigenvalue weighted by Gasteiger charge is -2.33. The van der Waals surface area contributed by atoms with Crippen LogP contribution in [0.15, 0.2) is 0 Å². The standard InChI is InChI=1S/C14H28F3NO/c1-5-13(6-2,10-18-12(3)4)8-7-9-19-11-14(15,16)17/h12,18H,5-11H2,1-4H3. The van der Waals surface area contributed by atoms with Gasteiger partial charge < -0.3 is 10.1 Å². The number of hydrogen-bond acceptors (Lipinski definition) is 2. The Morgan fingerprint density at radius 3 is 2.11 bits per heavy atom. The zero-order valence-corrected chi connectivity index (χ0v) is 12.6. The molecule has 0 heterocycles. The first kappa shape index (κ1) is 18.7. The van der Waals surface area contributed by atoms with Gasteiger partial charge in [0.2, 0.25) is 0 Å². The normalized spacial score (nSPS) is 13.3. The van der Waals surface area contributed by atoms with Crippen LogP contribution in [0, 0.1) is 5.41 Å². The van der Waals surface area contributed by atoms with Gasteiger partial charge in [-0.1, -0.05) is 27.7 Å². The first-order valence-electron chi connectivity index (χ1n) is 7.12. The smallest absolute Gasteiger partial charge is 0.372 e. The third kappa shape index (κ3) is 9.27. The number of halogens is 3. The lowest BCUT2D eigenvalue weighted by molar-refractivity contribution is -0.174. The lowest BCUT2D eigenvalue weighted by Crippen LogP contribution is -2.37. The van der Waals surface area contributed by atoms with Crippen molar-refractivity contribution in [2.75, 3.05) is 19.8 Å². The van der Waals surface area contributed by atoms with Gasteiger partial charge in [-0.25, -0.2) is 0 Å². The second-order valence-electron chi connectivity index (χ2n) is 5.51. The van der Waals surface area contributed by atoms with E-state index in [1.807, 2.05) is 0 Å². The van der Waals surface area contributed by atoms with Crippen molar-refractivity contribution in [1.82, 2.24) is 5.32 Å². The van der Waals surface area contributed by atoms with E-state index in [4.69, 9.17) is 0 Å². The molecule has 0 fully saturated rings. The summed E-state index contributed by atoms with van der Waals surface area (Å²) in [4.78, 5) is 0. The van der Waals surface area contributed by atoms with E-state index in [0.717, 1.165) is 25.8 Å². The maximum Gasteiger partial charge on any atom is 0.411 e. The number of nitrogens with one attached hydrogen (secondary N) is 1. The van der Waals surface area contributed by atoms with Gasteiger partial charge in [0.25, 0.3) is 0 Å². The first-order valence-corrected chi connectivity index (χ1v) is 7.12. The molecule has 0 amide bonds. The van der Waals surface area contributed by atoms with Crippen LogP contribution in [0.4, 0.5) is 13.2 Å². The minimum atomic E-state index is -4.22. The third-order valence-corrected chi connectivity index (χ3v) is 3.65. The van der Waals surface area contributed by atoms with Crippen LogP contribution in [0.5, 0.6) is 0 Å². The predicted molar refractivity (Wildman–Crippen MR) is 72.3 cm³/mol. The summed E-state index contributed by atoms with van der Waals surface area (Å²) in [6.45, 7) is 8.44. The fraction of sp³-hybridized carbons (Fsp3) is 1.00. The van der Waals surface area contributed by atoms with Crippen molar-refractivity contribution in [3.05, 3.63) is 0 Å². The first-order chi connectivity index (χ1) is 8.74. The van der Waals surface area contributed by atoms with Gasteiger partial charge in [-0.2, -0.15) is 13.2 Å². The molecule has 5 heteroatoms. The molecule has 0 aliphatic carbocycles. The van der Waals surface area contributed by atoms with Crippen molar-refractivity contribution in [1.29, 1.82) is 0 Å². The highest BCUT2D eigenvalue weighted by Crippen LogP contribution is 2.31. The molecule has 19 heavy (non-hydrogen) atoms. The van der Waals surface area contributed by atoms with Crippen LogP contribution in [0.1, 0.15) is 53.4 Å². The highest BCUT2D eigenvalue weighted by atomic mass is 19.4. The minimum Gasteiger partial charge on any atom is -0.372 e. The van der Waals surface area contributed by atoms with Crippen molar-refractivity contribution in [3.63, 3.8) is 0 Å². The van der Waals surface area contributed by atoms with Gasteiger partial charge in [-0.05, 0) is 31.1 Å². The monoisotopic (exact) mass is 283 g/mol. The Balaban J connectivity index is 4.00. The summed E-state index contributed by atoms with van der Waals surface area (Å²) in [6, 6.07) is 0.430. The van der Waals surface area contributed by atoms with E-state index in [9.17, 15) is 13.2 Å². The summed E-state index contributed by atoms with van der Waals surface area (Å²) >= 11 is 0. The van der Waals surface area contributed by atoms with Crippen LogP contribution in [-0.2, 0) is 4.74 Å². The SMILES string of the molecule is CCC(CC)(CCCOCC(F)(F)F)CNC(C)C. The maximum absolute atomic E-state index is 11.9. The lowest BCUT2D eigenvalue weighted by atomic mass is 9.78. The van der Waals surface area contributed by atoms with Crippen molar-refractivity contribution < 1.29 is 17.9 Å². The molecule has 0 rings (SSSR count). The quantitative estimate of drug-likeness (QED) is 0.608. The molecular formula is C14H28F3NO. The van der Waals surface area contributed by atoms with Crippen LogP contribution in [-0.4, -0.2) is 32.0 Å². The molecule has 0 aromatic heterocycles. The fourth-order valence-corrected chi connectivity index (χ4v) is 2.10. The van der Waals surface area contributed by atoms with E-state index in [0.29, 0.717) is 12.5 Å². The van der Waals surface area contributed by atoms with Crippen LogP contribution >= 0.6 is 0 Å². The van der Waals surface area contributed by atoms with Gasteiger partial charge in [0.05, 0.1) is 0 Å². The van der Waals surface area contributed by atoms with Gasteiger partial charge >= 0.3 is 6.18 Å². The molecule has 0 atom stereocenters. The second-order valence-corrected chi connectivity index (χ2v) is 5.51. The van der Waals surface area contributed by atoms with E-state index in [1.165, 1.54) is 0 Å².